The first-order valence-corrected chi connectivity index (χ1v) is 11.7. The minimum Gasteiger partial charge on any atom is -0.354 e. The maximum atomic E-state index is 13.0. The van der Waals surface area contributed by atoms with Gasteiger partial charge in [0.15, 0.2) is 0 Å². The van der Waals surface area contributed by atoms with Gasteiger partial charge >= 0.3 is 0 Å². The molecule has 0 saturated carbocycles. The van der Waals surface area contributed by atoms with E-state index in [2.05, 4.69) is 47.2 Å². The van der Waals surface area contributed by atoms with Crippen molar-refractivity contribution in [2.75, 3.05) is 12.3 Å². The van der Waals surface area contributed by atoms with Crippen molar-refractivity contribution in [1.82, 2.24) is 10.2 Å². The Balaban J connectivity index is 2.04. The predicted molar refractivity (Wildman–Crippen MR) is 125 cm³/mol. The highest BCUT2D eigenvalue weighted by Gasteiger charge is 2.26. The molecule has 156 valence electrons. The van der Waals surface area contributed by atoms with E-state index in [1.165, 1.54) is 5.56 Å². The van der Waals surface area contributed by atoms with E-state index in [0.29, 0.717) is 24.8 Å². The second-order valence-corrected chi connectivity index (χ2v) is 9.34. The minimum absolute atomic E-state index is 0.0268. The summed E-state index contributed by atoms with van der Waals surface area (Å²) >= 11 is 5.01. The van der Waals surface area contributed by atoms with E-state index in [4.69, 9.17) is 0 Å². The molecule has 0 fully saturated rings. The normalized spacial score (nSPS) is 11.9. The number of benzene rings is 2. The van der Waals surface area contributed by atoms with E-state index in [-0.39, 0.29) is 11.8 Å². The molecule has 2 rings (SSSR count). The Hall–Kier alpha value is -1.79. The number of hydrogen-bond donors (Lipinski definition) is 1. The summed E-state index contributed by atoms with van der Waals surface area (Å²) in [6.07, 6.45) is 0. The summed E-state index contributed by atoms with van der Waals surface area (Å²) in [5, 5.41) is 2.95. The average molecular weight is 477 g/mol. The smallest absolute Gasteiger partial charge is 0.242 e. The predicted octanol–water partition coefficient (Wildman–Crippen LogP) is 4.87. The van der Waals surface area contributed by atoms with Crippen LogP contribution >= 0.6 is 27.7 Å². The first-order chi connectivity index (χ1) is 13.9. The number of carbonyl (C=O) groups excluding carboxylic acids is 2. The summed E-state index contributed by atoms with van der Waals surface area (Å²) in [6.45, 7) is 6.92. The standard InChI is InChI=1S/C23H29BrN2O2S/c1-17(2)13-25-23(28)18(3)26(14-19-9-11-21(24)12-10-19)22(27)16-29-15-20-7-5-4-6-8-20/h4-12,17-18H,13-16H2,1-3H3,(H,25,28)/t18-/m1/s1. The molecule has 0 bridgehead atoms. The van der Waals surface area contributed by atoms with Crippen LogP contribution in [0.1, 0.15) is 31.9 Å². The molecule has 29 heavy (non-hydrogen) atoms. The maximum absolute atomic E-state index is 13.0. The van der Waals surface area contributed by atoms with Crippen molar-refractivity contribution in [3.63, 3.8) is 0 Å². The molecule has 0 heterocycles. The van der Waals surface area contributed by atoms with E-state index < -0.39 is 6.04 Å². The number of thioether (sulfide) groups is 1. The largest absolute Gasteiger partial charge is 0.354 e. The van der Waals surface area contributed by atoms with Crippen molar-refractivity contribution in [3.05, 3.63) is 70.2 Å². The number of carbonyl (C=O) groups is 2. The van der Waals surface area contributed by atoms with Gasteiger partial charge in [-0.15, -0.1) is 11.8 Å². The van der Waals surface area contributed by atoms with Gasteiger partial charge in [-0.3, -0.25) is 9.59 Å². The van der Waals surface area contributed by atoms with Gasteiger partial charge < -0.3 is 10.2 Å². The zero-order valence-electron chi connectivity index (χ0n) is 17.2. The fourth-order valence-electron chi connectivity index (χ4n) is 2.73. The van der Waals surface area contributed by atoms with E-state index in [1.54, 1.807) is 23.6 Å². The lowest BCUT2D eigenvalue weighted by atomic mass is 10.1. The molecule has 1 N–H and O–H groups in total. The molecule has 0 spiro atoms. The number of nitrogens with one attached hydrogen (secondary N) is 1. The lowest BCUT2D eigenvalue weighted by Crippen LogP contribution is -2.48. The average Bonchev–Trinajstić information content (AvgIpc) is 2.71. The SMILES string of the molecule is CC(C)CNC(=O)[C@@H](C)N(Cc1ccc(Br)cc1)C(=O)CSCc1ccccc1. The van der Waals surface area contributed by atoms with Crippen LogP contribution < -0.4 is 5.32 Å². The fraction of sp³-hybridized carbons (Fsp3) is 0.391. The van der Waals surface area contributed by atoms with Gasteiger partial charge in [0, 0.05) is 23.3 Å². The van der Waals surface area contributed by atoms with Crippen LogP contribution in [0.2, 0.25) is 0 Å². The van der Waals surface area contributed by atoms with Gasteiger partial charge in [-0.2, -0.15) is 0 Å². The van der Waals surface area contributed by atoms with Crippen molar-refractivity contribution in [2.24, 2.45) is 5.92 Å². The highest BCUT2D eigenvalue weighted by Crippen LogP contribution is 2.17. The molecule has 0 aliphatic carbocycles. The molecule has 0 aliphatic heterocycles. The quantitative estimate of drug-likeness (QED) is 0.531. The molecule has 0 radical (unpaired) electrons. The monoisotopic (exact) mass is 476 g/mol. The molecule has 2 aromatic rings. The topological polar surface area (TPSA) is 49.4 Å². The van der Waals surface area contributed by atoms with E-state index in [9.17, 15) is 9.59 Å². The lowest BCUT2D eigenvalue weighted by molar-refractivity contribution is -0.138. The van der Waals surface area contributed by atoms with Crippen LogP contribution in [-0.2, 0) is 21.9 Å². The highest BCUT2D eigenvalue weighted by atomic mass is 79.9. The van der Waals surface area contributed by atoms with Crippen LogP contribution in [0.5, 0.6) is 0 Å². The Bertz CT molecular complexity index is 781. The second-order valence-electron chi connectivity index (χ2n) is 7.44. The second kappa shape index (κ2) is 12.0. The Labute approximate surface area is 186 Å². The van der Waals surface area contributed by atoms with Gasteiger partial charge in [-0.25, -0.2) is 0 Å². The number of hydrogen-bond acceptors (Lipinski definition) is 3. The van der Waals surface area contributed by atoms with Crippen LogP contribution in [0.3, 0.4) is 0 Å². The van der Waals surface area contributed by atoms with Gasteiger partial charge in [0.05, 0.1) is 5.75 Å². The summed E-state index contributed by atoms with van der Waals surface area (Å²) in [6, 6.07) is 17.4. The van der Waals surface area contributed by atoms with Gasteiger partial charge in [-0.1, -0.05) is 72.2 Å². The zero-order chi connectivity index (χ0) is 21.2. The summed E-state index contributed by atoms with van der Waals surface area (Å²) in [4.78, 5) is 27.3. The fourth-order valence-corrected chi connectivity index (χ4v) is 3.87. The first kappa shape index (κ1) is 23.5. The molecule has 6 heteroatoms. The van der Waals surface area contributed by atoms with Crippen molar-refractivity contribution in [2.45, 2.75) is 39.1 Å². The number of amides is 2. The van der Waals surface area contributed by atoms with Gasteiger partial charge in [0.1, 0.15) is 6.04 Å². The zero-order valence-corrected chi connectivity index (χ0v) is 19.6. The van der Waals surface area contributed by atoms with Gasteiger partial charge in [0.2, 0.25) is 11.8 Å². The molecule has 0 aromatic heterocycles. The number of nitrogens with zero attached hydrogens (tertiary/aromatic N) is 1. The van der Waals surface area contributed by atoms with Crippen molar-refractivity contribution in [1.29, 1.82) is 0 Å². The number of halogens is 1. The lowest BCUT2D eigenvalue weighted by Gasteiger charge is -2.29. The van der Waals surface area contributed by atoms with Gasteiger partial charge in [-0.05, 0) is 36.1 Å². The van der Waals surface area contributed by atoms with Crippen molar-refractivity contribution in [3.8, 4) is 0 Å². The molecule has 2 amide bonds. The third-order valence-electron chi connectivity index (χ3n) is 4.46. The molecule has 2 aromatic carbocycles. The molecule has 0 unspecified atom stereocenters. The molecule has 0 aliphatic rings. The third-order valence-corrected chi connectivity index (χ3v) is 5.97. The summed E-state index contributed by atoms with van der Waals surface area (Å²) in [5.41, 5.74) is 2.19. The Morgan fingerprint density at radius 1 is 1.00 bits per heavy atom. The van der Waals surface area contributed by atoms with Crippen LogP contribution in [0, 0.1) is 5.92 Å². The Kier molecular flexibility index (Phi) is 9.74. The van der Waals surface area contributed by atoms with Crippen LogP contribution in [0.4, 0.5) is 0 Å². The van der Waals surface area contributed by atoms with Gasteiger partial charge in [0.25, 0.3) is 0 Å². The maximum Gasteiger partial charge on any atom is 0.242 e. The van der Waals surface area contributed by atoms with E-state index in [1.807, 2.05) is 42.5 Å². The third kappa shape index (κ3) is 8.23. The number of rotatable bonds is 10. The molecule has 4 nitrogen and oxygen atoms in total. The molecular weight excluding hydrogens is 448 g/mol. The Morgan fingerprint density at radius 3 is 2.28 bits per heavy atom. The molecule has 0 saturated heterocycles. The first-order valence-electron chi connectivity index (χ1n) is 9.80. The van der Waals surface area contributed by atoms with E-state index >= 15 is 0 Å². The van der Waals surface area contributed by atoms with E-state index in [0.717, 1.165) is 15.8 Å². The molecule has 1 atom stereocenters. The van der Waals surface area contributed by atoms with Crippen LogP contribution in [-0.4, -0.2) is 35.1 Å². The van der Waals surface area contributed by atoms with Crippen molar-refractivity contribution >= 4 is 39.5 Å². The summed E-state index contributed by atoms with van der Waals surface area (Å²) < 4.78 is 0.986. The Morgan fingerprint density at radius 2 is 1.66 bits per heavy atom. The van der Waals surface area contributed by atoms with Crippen molar-refractivity contribution < 1.29 is 9.59 Å². The van der Waals surface area contributed by atoms with Crippen LogP contribution in [0.25, 0.3) is 0 Å². The minimum atomic E-state index is -0.526. The highest BCUT2D eigenvalue weighted by molar-refractivity contribution is 9.10. The summed E-state index contributed by atoms with van der Waals surface area (Å²) in [5.74, 6) is 1.33. The summed E-state index contributed by atoms with van der Waals surface area (Å²) in [7, 11) is 0. The van der Waals surface area contributed by atoms with Crippen LogP contribution in [0.15, 0.2) is 59.1 Å². The molecular formula is C23H29BrN2O2S.